The van der Waals surface area contributed by atoms with Crippen molar-refractivity contribution in [2.45, 2.75) is 0 Å². The van der Waals surface area contributed by atoms with Crippen LogP contribution in [0.3, 0.4) is 0 Å². The fourth-order valence-electron chi connectivity index (χ4n) is 0.935. The first-order valence-corrected chi connectivity index (χ1v) is 5.16. The monoisotopic (exact) mass is 317 g/mol. The van der Waals surface area contributed by atoms with Gasteiger partial charge in [-0.05, 0) is 44.0 Å². The molecular weight excluding hydrogens is 314 g/mol. The summed E-state index contributed by atoms with van der Waals surface area (Å²) in [6, 6.07) is 5.11. The number of halogens is 2. The number of esters is 1. The molecule has 0 aliphatic rings. The molecule has 1 rings (SSSR count). The van der Waals surface area contributed by atoms with Gasteiger partial charge in [0.15, 0.2) is 0 Å². The Morgan fingerprint density at radius 3 is 2.29 bits per heavy atom. The fourth-order valence-corrected chi connectivity index (χ4v) is 2.44. The number of hydrogen-bond acceptors (Lipinski definition) is 3. The third-order valence-electron chi connectivity index (χ3n) is 1.56. The molecule has 0 saturated carbocycles. The lowest BCUT2D eigenvalue weighted by Gasteiger charge is -2.05. The second-order valence-corrected chi connectivity index (χ2v) is 4.13. The van der Waals surface area contributed by atoms with E-state index in [0.717, 1.165) is 0 Å². The topological polar surface area (TPSA) is 50.1 Å². The molecule has 0 N–H and O–H groups in total. The minimum atomic E-state index is -0.451. The van der Waals surface area contributed by atoms with Crippen LogP contribution in [0.2, 0.25) is 0 Å². The van der Waals surface area contributed by atoms with Crippen LogP contribution >= 0.6 is 31.9 Å². The maximum Gasteiger partial charge on any atom is 0.340 e. The van der Waals surface area contributed by atoms with Gasteiger partial charge in [-0.2, -0.15) is 5.26 Å². The molecule has 0 radical (unpaired) electrons. The summed E-state index contributed by atoms with van der Waals surface area (Å²) in [6.45, 7) is 0. The van der Waals surface area contributed by atoms with Crippen molar-refractivity contribution < 1.29 is 9.53 Å². The number of carbonyl (C=O) groups is 1. The number of hydrogen-bond donors (Lipinski definition) is 0. The standard InChI is InChI=1S/C9H5Br2NO2/c1-14-9(13)8-6(10)2-5(4-12)3-7(8)11/h2-3H,1H3. The predicted molar refractivity (Wildman–Crippen MR) is 57.9 cm³/mol. The second kappa shape index (κ2) is 4.58. The number of benzene rings is 1. The van der Waals surface area contributed by atoms with Crippen molar-refractivity contribution in [2.24, 2.45) is 0 Å². The summed E-state index contributed by atoms with van der Waals surface area (Å²) in [5.74, 6) is -0.451. The summed E-state index contributed by atoms with van der Waals surface area (Å²) in [4.78, 5) is 11.3. The first-order chi connectivity index (χ1) is 6.60. The van der Waals surface area contributed by atoms with Gasteiger partial charge in [0.2, 0.25) is 0 Å². The molecule has 0 fully saturated rings. The quantitative estimate of drug-likeness (QED) is 0.748. The summed E-state index contributed by atoms with van der Waals surface area (Å²) in [6.07, 6.45) is 0. The number of ether oxygens (including phenoxy) is 1. The van der Waals surface area contributed by atoms with E-state index >= 15 is 0 Å². The molecule has 0 bridgehead atoms. The fraction of sp³-hybridized carbons (Fsp3) is 0.111. The van der Waals surface area contributed by atoms with Crippen molar-refractivity contribution in [3.8, 4) is 6.07 Å². The largest absolute Gasteiger partial charge is 0.465 e. The minimum Gasteiger partial charge on any atom is -0.465 e. The van der Waals surface area contributed by atoms with Crippen LogP contribution in [0.25, 0.3) is 0 Å². The zero-order valence-electron chi connectivity index (χ0n) is 7.17. The van der Waals surface area contributed by atoms with E-state index in [1.54, 1.807) is 12.1 Å². The number of rotatable bonds is 1. The van der Waals surface area contributed by atoms with Crippen LogP contribution in [0.1, 0.15) is 15.9 Å². The van der Waals surface area contributed by atoms with Gasteiger partial charge in [-0.1, -0.05) is 0 Å². The first kappa shape index (κ1) is 11.2. The maximum atomic E-state index is 11.3. The Kier molecular flexibility index (Phi) is 3.67. The van der Waals surface area contributed by atoms with Crippen molar-refractivity contribution in [2.75, 3.05) is 7.11 Å². The van der Waals surface area contributed by atoms with Gasteiger partial charge in [-0.3, -0.25) is 0 Å². The first-order valence-electron chi connectivity index (χ1n) is 3.57. The number of nitrogens with zero attached hydrogens (tertiary/aromatic N) is 1. The molecule has 1 aromatic carbocycles. The molecule has 1 aromatic rings. The summed E-state index contributed by atoms with van der Waals surface area (Å²) in [5, 5.41) is 8.67. The summed E-state index contributed by atoms with van der Waals surface area (Å²) in [7, 11) is 1.30. The maximum absolute atomic E-state index is 11.3. The van der Waals surface area contributed by atoms with Gasteiger partial charge in [0.25, 0.3) is 0 Å². The Balaban J connectivity index is 3.34. The van der Waals surface area contributed by atoms with Gasteiger partial charge in [0.05, 0.1) is 24.3 Å². The van der Waals surface area contributed by atoms with E-state index in [-0.39, 0.29) is 0 Å². The summed E-state index contributed by atoms with van der Waals surface area (Å²) in [5.41, 5.74) is 0.850. The lowest BCUT2D eigenvalue weighted by Crippen LogP contribution is -2.03. The SMILES string of the molecule is COC(=O)c1c(Br)cc(C#N)cc1Br. The van der Waals surface area contributed by atoms with E-state index in [1.807, 2.05) is 6.07 Å². The van der Waals surface area contributed by atoms with E-state index in [9.17, 15) is 4.79 Å². The molecule has 3 nitrogen and oxygen atoms in total. The molecule has 0 unspecified atom stereocenters. The van der Waals surface area contributed by atoms with Gasteiger partial charge in [-0.25, -0.2) is 4.79 Å². The van der Waals surface area contributed by atoms with Gasteiger partial charge >= 0.3 is 5.97 Å². The lowest BCUT2D eigenvalue weighted by atomic mass is 10.1. The normalized spacial score (nSPS) is 9.29. The van der Waals surface area contributed by atoms with Gasteiger partial charge in [-0.15, -0.1) is 0 Å². The van der Waals surface area contributed by atoms with E-state index in [0.29, 0.717) is 20.1 Å². The van der Waals surface area contributed by atoms with E-state index < -0.39 is 5.97 Å². The molecule has 5 heteroatoms. The smallest absolute Gasteiger partial charge is 0.340 e. The van der Waals surface area contributed by atoms with Crippen LogP contribution in [0.15, 0.2) is 21.1 Å². The molecule has 0 heterocycles. The second-order valence-electron chi connectivity index (χ2n) is 2.42. The Hall–Kier alpha value is -0.860. The average molecular weight is 319 g/mol. The Morgan fingerprint density at radius 2 is 1.93 bits per heavy atom. The van der Waals surface area contributed by atoms with Crippen molar-refractivity contribution in [3.05, 3.63) is 32.2 Å². The molecule has 0 aliphatic carbocycles. The number of carbonyl (C=O) groups excluding carboxylic acids is 1. The molecule has 0 saturated heterocycles. The van der Waals surface area contributed by atoms with Crippen LogP contribution in [-0.2, 0) is 4.74 Å². The third-order valence-corrected chi connectivity index (χ3v) is 2.81. The van der Waals surface area contributed by atoms with E-state index in [2.05, 4.69) is 36.6 Å². The average Bonchev–Trinajstić information content (AvgIpc) is 2.16. The van der Waals surface area contributed by atoms with Crippen molar-refractivity contribution >= 4 is 37.8 Å². The van der Waals surface area contributed by atoms with E-state index in [4.69, 9.17) is 5.26 Å². The van der Waals surface area contributed by atoms with Gasteiger partial charge in [0.1, 0.15) is 0 Å². The molecular formula is C9H5Br2NO2. The van der Waals surface area contributed by atoms with Crippen LogP contribution < -0.4 is 0 Å². The third kappa shape index (κ3) is 2.14. The highest BCUT2D eigenvalue weighted by molar-refractivity contribution is 9.11. The minimum absolute atomic E-state index is 0.381. The van der Waals surface area contributed by atoms with Crippen molar-refractivity contribution in [1.82, 2.24) is 0 Å². The molecule has 0 aliphatic heterocycles. The van der Waals surface area contributed by atoms with Crippen molar-refractivity contribution in [3.63, 3.8) is 0 Å². The summed E-state index contributed by atoms with van der Waals surface area (Å²) >= 11 is 6.40. The van der Waals surface area contributed by atoms with Crippen molar-refractivity contribution in [1.29, 1.82) is 5.26 Å². The van der Waals surface area contributed by atoms with Crippen LogP contribution in [0.5, 0.6) is 0 Å². The van der Waals surface area contributed by atoms with Crippen LogP contribution in [-0.4, -0.2) is 13.1 Å². The highest BCUT2D eigenvalue weighted by atomic mass is 79.9. The molecule has 0 spiro atoms. The highest BCUT2D eigenvalue weighted by Gasteiger charge is 2.15. The van der Waals surface area contributed by atoms with Gasteiger partial charge < -0.3 is 4.74 Å². The van der Waals surface area contributed by atoms with Crippen LogP contribution in [0, 0.1) is 11.3 Å². The molecule has 14 heavy (non-hydrogen) atoms. The van der Waals surface area contributed by atoms with Gasteiger partial charge in [0, 0.05) is 8.95 Å². The lowest BCUT2D eigenvalue weighted by molar-refractivity contribution is 0.0598. The molecule has 0 aromatic heterocycles. The summed E-state index contributed by atoms with van der Waals surface area (Å²) < 4.78 is 5.66. The highest BCUT2D eigenvalue weighted by Crippen LogP contribution is 2.27. The Labute approximate surface area is 97.9 Å². The Bertz CT molecular complexity index is 400. The van der Waals surface area contributed by atoms with Crippen LogP contribution in [0.4, 0.5) is 0 Å². The molecule has 0 amide bonds. The molecule has 0 atom stereocenters. The molecule has 72 valence electrons. The number of nitriles is 1. The number of methoxy groups -OCH3 is 1. The Morgan fingerprint density at radius 1 is 1.43 bits per heavy atom. The van der Waals surface area contributed by atoms with E-state index in [1.165, 1.54) is 7.11 Å². The predicted octanol–water partition coefficient (Wildman–Crippen LogP) is 2.87. The zero-order valence-corrected chi connectivity index (χ0v) is 10.3. The zero-order chi connectivity index (χ0) is 10.7.